The molecule has 0 unspecified atom stereocenters. The summed E-state index contributed by atoms with van der Waals surface area (Å²) in [6.45, 7) is 6.49. The van der Waals surface area contributed by atoms with Crippen LogP contribution in [0, 0.1) is 12.8 Å². The number of esters is 1. The monoisotopic (exact) mass is 272 g/mol. The molecule has 1 aliphatic carbocycles. The second-order valence-corrected chi connectivity index (χ2v) is 6.22. The Labute approximate surface area is 119 Å². The summed E-state index contributed by atoms with van der Waals surface area (Å²) < 4.78 is 11.3. The van der Waals surface area contributed by atoms with Gasteiger partial charge in [0.05, 0.1) is 12.2 Å². The molecule has 0 bridgehead atoms. The molecule has 1 aromatic rings. The third-order valence-corrected chi connectivity index (χ3v) is 3.86. The van der Waals surface area contributed by atoms with Gasteiger partial charge in [-0.05, 0) is 45.1 Å². The highest BCUT2D eigenvalue weighted by molar-refractivity contribution is 6.02. The first-order chi connectivity index (χ1) is 9.47. The van der Waals surface area contributed by atoms with E-state index in [-0.39, 0.29) is 5.97 Å². The minimum Gasteiger partial charge on any atom is -0.486 e. The van der Waals surface area contributed by atoms with E-state index < -0.39 is 5.60 Å². The standard InChI is InChI=1S/C17H20O3/c1-11-4-8-13(9-5-11)14-15(19-10-12-6-7-12)16(18)20-17(14,2)3/h4-5,8-9,12H,6-7,10H2,1-3H3. The molecule has 1 aliphatic heterocycles. The van der Waals surface area contributed by atoms with E-state index in [0.29, 0.717) is 18.3 Å². The predicted octanol–water partition coefficient (Wildman–Crippen LogP) is 3.47. The zero-order valence-corrected chi connectivity index (χ0v) is 12.2. The molecular weight excluding hydrogens is 252 g/mol. The van der Waals surface area contributed by atoms with Gasteiger partial charge in [0.2, 0.25) is 5.76 Å². The molecule has 20 heavy (non-hydrogen) atoms. The van der Waals surface area contributed by atoms with Crippen molar-refractivity contribution in [3.63, 3.8) is 0 Å². The zero-order valence-electron chi connectivity index (χ0n) is 12.2. The SMILES string of the molecule is Cc1ccc(C2=C(OCC3CC3)C(=O)OC2(C)C)cc1. The molecule has 3 nitrogen and oxygen atoms in total. The van der Waals surface area contributed by atoms with Gasteiger partial charge in [-0.1, -0.05) is 29.8 Å². The maximum absolute atomic E-state index is 12.1. The maximum Gasteiger partial charge on any atom is 0.374 e. The van der Waals surface area contributed by atoms with Crippen molar-refractivity contribution < 1.29 is 14.3 Å². The van der Waals surface area contributed by atoms with E-state index in [2.05, 4.69) is 0 Å². The molecule has 0 aromatic heterocycles. The van der Waals surface area contributed by atoms with Crippen LogP contribution in [0.4, 0.5) is 0 Å². The number of hydrogen-bond acceptors (Lipinski definition) is 3. The topological polar surface area (TPSA) is 35.5 Å². The van der Waals surface area contributed by atoms with Crippen molar-refractivity contribution in [3.05, 3.63) is 41.2 Å². The van der Waals surface area contributed by atoms with Crippen molar-refractivity contribution in [1.29, 1.82) is 0 Å². The van der Waals surface area contributed by atoms with Crippen LogP contribution in [0.15, 0.2) is 30.0 Å². The van der Waals surface area contributed by atoms with Gasteiger partial charge in [0.1, 0.15) is 5.60 Å². The predicted molar refractivity (Wildman–Crippen MR) is 76.9 cm³/mol. The largest absolute Gasteiger partial charge is 0.486 e. The molecule has 1 fully saturated rings. The lowest BCUT2D eigenvalue weighted by atomic mass is 9.91. The lowest BCUT2D eigenvalue weighted by Gasteiger charge is -2.21. The molecule has 3 rings (SSSR count). The van der Waals surface area contributed by atoms with Gasteiger partial charge in [0.25, 0.3) is 0 Å². The highest BCUT2D eigenvalue weighted by Crippen LogP contribution is 2.41. The summed E-state index contributed by atoms with van der Waals surface area (Å²) in [6, 6.07) is 8.13. The first-order valence-corrected chi connectivity index (χ1v) is 7.15. The molecule has 1 heterocycles. The fraction of sp³-hybridized carbons (Fsp3) is 0.471. The molecule has 0 amide bonds. The van der Waals surface area contributed by atoms with Gasteiger partial charge in [-0.15, -0.1) is 0 Å². The van der Waals surface area contributed by atoms with Crippen LogP contribution >= 0.6 is 0 Å². The number of benzene rings is 1. The Morgan fingerprint density at radius 1 is 1.25 bits per heavy atom. The quantitative estimate of drug-likeness (QED) is 0.787. The van der Waals surface area contributed by atoms with Crippen molar-refractivity contribution in [2.24, 2.45) is 5.92 Å². The second-order valence-electron chi connectivity index (χ2n) is 6.22. The third kappa shape index (κ3) is 2.45. The van der Waals surface area contributed by atoms with Crippen LogP contribution in [0.1, 0.15) is 37.8 Å². The Morgan fingerprint density at radius 3 is 2.50 bits per heavy atom. The molecule has 0 saturated heterocycles. The first-order valence-electron chi connectivity index (χ1n) is 7.15. The fourth-order valence-electron chi connectivity index (χ4n) is 2.52. The summed E-state index contributed by atoms with van der Waals surface area (Å²) in [6.07, 6.45) is 2.40. The van der Waals surface area contributed by atoms with Crippen LogP contribution in [0.25, 0.3) is 5.57 Å². The Hall–Kier alpha value is -1.77. The maximum atomic E-state index is 12.1. The third-order valence-electron chi connectivity index (χ3n) is 3.86. The van der Waals surface area contributed by atoms with Crippen molar-refractivity contribution in [2.75, 3.05) is 6.61 Å². The van der Waals surface area contributed by atoms with Crippen molar-refractivity contribution in [2.45, 2.75) is 39.2 Å². The summed E-state index contributed by atoms with van der Waals surface area (Å²) in [4.78, 5) is 12.1. The smallest absolute Gasteiger partial charge is 0.374 e. The van der Waals surface area contributed by atoms with Gasteiger partial charge in [-0.3, -0.25) is 0 Å². The molecule has 2 aliphatic rings. The average molecular weight is 272 g/mol. The van der Waals surface area contributed by atoms with E-state index in [1.807, 2.05) is 45.0 Å². The minimum absolute atomic E-state index is 0.341. The average Bonchev–Trinajstić information content (AvgIpc) is 3.15. The number of aryl methyl sites for hydroxylation is 1. The summed E-state index contributed by atoms with van der Waals surface area (Å²) in [7, 11) is 0. The van der Waals surface area contributed by atoms with Crippen molar-refractivity contribution in [3.8, 4) is 0 Å². The number of carbonyl (C=O) groups excluding carboxylic acids is 1. The Kier molecular flexibility index (Phi) is 3.08. The zero-order chi connectivity index (χ0) is 14.3. The normalized spacial score (nSPS) is 21.1. The summed E-state index contributed by atoms with van der Waals surface area (Å²) in [5, 5.41) is 0. The van der Waals surface area contributed by atoms with Crippen molar-refractivity contribution >= 4 is 11.5 Å². The van der Waals surface area contributed by atoms with Crippen LogP contribution in [-0.4, -0.2) is 18.2 Å². The Balaban J connectivity index is 1.98. The van der Waals surface area contributed by atoms with Gasteiger partial charge >= 0.3 is 5.97 Å². The first kappa shape index (κ1) is 13.2. The van der Waals surface area contributed by atoms with Crippen LogP contribution in [0.3, 0.4) is 0 Å². The number of hydrogen-bond donors (Lipinski definition) is 0. The summed E-state index contributed by atoms with van der Waals surface area (Å²) in [5.41, 5.74) is 2.42. The molecular formula is C17H20O3. The van der Waals surface area contributed by atoms with E-state index in [9.17, 15) is 4.79 Å². The lowest BCUT2D eigenvalue weighted by Crippen LogP contribution is -2.22. The van der Waals surface area contributed by atoms with E-state index >= 15 is 0 Å². The molecule has 0 N–H and O–H groups in total. The van der Waals surface area contributed by atoms with Crippen LogP contribution in [0.2, 0.25) is 0 Å². The van der Waals surface area contributed by atoms with E-state index in [4.69, 9.17) is 9.47 Å². The highest BCUT2D eigenvalue weighted by atomic mass is 16.6. The number of ether oxygens (including phenoxy) is 2. The van der Waals surface area contributed by atoms with Crippen molar-refractivity contribution in [1.82, 2.24) is 0 Å². The van der Waals surface area contributed by atoms with Gasteiger partial charge < -0.3 is 9.47 Å². The number of carbonyl (C=O) groups is 1. The fourth-order valence-corrected chi connectivity index (χ4v) is 2.52. The molecule has 0 spiro atoms. The van der Waals surface area contributed by atoms with Crippen LogP contribution in [0.5, 0.6) is 0 Å². The molecule has 1 saturated carbocycles. The minimum atomic E-state index is -0.634. The van der Waals surface area contributed by atoms with Crippen LogP contribution < -0.4 is 0 Å². The Morgan fingerprint density at radius 2 is 1.90 bits per heavy atom. The summed E-state index contributed by atoms with van der Waals surface area (Å²) >= 11 is 0. The molecule has 1 aromatic carbocycles. The molecule has 106 valence electrons. The van der Waals surface area contributed by atoms with Gasteiger partial charge in [-0.25, -0.2) is 4.79 Å². The van der Waals surface area contributed by atoms with E-state index in [1.165, 1.54) is 18.4 Å². The number of rotatable bonds is 4. The van der Waals surface area contributed by atoms with E-state index in [0.717, 1.165) is 11.1 Å². The second kappa shape index (κ2) is 4.65. The Bertz CT molecular complexity index is 562. The number of cyclic esters (lactones) is 1. The summed E-state index contributed by atoms with van der Waals surface area (Å²) in [5.74, 6) is 0.662. The van der Waals surface area contributed by atoms with Gasteiger partial charge in [0, 0.05) is 0 Å². The molecule has 3 heteroatoms. The molecule has 0 radical (unpaired) electrons. The lowest BCUT2D eigenvalue weighted by molar-refractivity contribution is -0.147. The molecule has 0 atom stereocenters. The van der Waals surface area contributed by atoms with Gasteiger partial charge in [0.15, 0.2) is 0 Å². The van der Waals surface area contributed by atoms with Crippen LogP contribution in [-0.2, 0) is 14.3 Å². The van der Waals surface area contributed by atoms with Gasteiger partial charge in [-0.2, -0.15) is 0 Å². The van der Waals surface area contributed by atoms with E-state index in [1.54, 1.807) is 0 Å². The highest BCUT2D eigenvalue weighted by Gasteiger charge is 2.43.